The Morgan fingerprint density at radius 3 is 1.03 bits per heavy atom. The summed E-state index contributed by atoms with van der Waals surface area (Å²) in [6, 6.07) is 12.0. The molecule has 0 bridgehead atoms. The third-order valence-corrected chi connectivity index (χ3v) is 6.13. The molecule has 9 nitrogen and oxygen atoms in total. The number of aliphatic hydroxyl groups is 3. The molecular formula is C20H30O9S2. The van der Waals surface area contributed by atoms with E-state index in [9.17, 15) is 16.8 Å². The summed E-state index contributed by atoms with van der Waals surface area (Å²) in [6.07, 6.45) is 0.594. The average molecular weight is 479 g/mol. The van der Waals surface area contributed by atoms with E-state index in [4.69, 9.17) is 24.4 Å². The van der Waals surface area contributed by atoms with Crippen LogP contribution < -0.4 is 0 Å². The van der Waals surface area contributed by atoms with Gasteiger partial charge in [0.1, 0.15) is 0 Å². The highest BCUT2D eigenvalue weighted by atomic mass is 32.2. The first kappa shape index (κ1) is 29.1. The minimum absolute atomic E-state index is 0.0666. The van der Waals surface area contributed by atoms with E-state index in [-0.39, 0.29) is 29.6 Å². The molecule has 0 radical (unpaired) electrons. The smallest absolute Gasteiger partial charge is 0.294 e. The van der Waals surface area contributed by atoms with Gasteiger partial charge in [0.05, 0.1) is 29.6 Å². The molecule has 0 saturated carbocycles. The molecule has 0 saturated heterocycles. The first-order valence-electron chi connectivity index (χ1n) is 9.15. The summed E-state index contributed by atoms with van der Waals surface area (Å²) >= 11 is 0. The monoisotopic (exact) mass is 478 g/mol. The van der Waals surface area contributed by atoms with Gasteiger partial charge in [-0.2, -0.15) is 16.8 Å². The van der Waals surface area contributed by atoms with E-state index in [0.717, 1.165) is 11.1 Å². The van der Waals surface area contributed by atoms with Crippen LogP contribution in [0, 0.1) is 19.3 Å². The maximum atomic E-state index is 10.5. The molecule has 2 rings (SSSR count). The van der Waals surface area contributed by atoms with Gasteiger partial charge < -0.3 is 15.3 Å². The summed E-state index contributed by atoms with van der Waals surface area (Å²) in [5, 5.41) is 26.0. The molecule has 0 aliphatic carbocycles. The second-order valence-corrected chi connectivity index (χ2v) is 9.75. The second kappa shape index (κ2) is 12.9. The van der Waals surface area contributed by atoms with Gasteiger partial charge in [0.15, 0.2) is 0 Å². The largest absolute Gasteiger partial charge is 0.396 e. The highest BCUT2D eigenvalue weighted by molar-refractivity contribution is 7.86. The van der Waals surface area contributed by atoms with Crippen LogP contribution in [-0.4, -0.2) is 61.1 Å². The van der Waals surface area contributed by atoms with Gasteiger partial charge in [-0.25, -0.2) is 0 Å². The van der Waals surface area contributed by atoms with Crippen molar-refractivity contribution in [3.63, 3.8) is 0 Å². The molecule has 2 aromatic rings. The van der Waals surface area contributed by atoms with Gasteiger partial charge in [0.2, 0.25) is 0 Å². The molecule has 0 unspecified atom stereocenters. The molecule has 5 N–H and O–H groups in total. The Bertz CT molecular complexity index is 887. The van der Waals surface area contributed by atoms with Crippen LogP contribution in [0.25, 0.3) is 0 Å². The Kier molecular flexibility index (Phi) is 12.1. The van der Waals surface area contributed by atoms with E-state index < -0.39 is 25.7 Å². The number of benzene rings is 2. The standard InChI is InChI=1S/2C7H8O3S.C6H14O3/c2*1-6-2-4-7(5-3-6)11(8,9)10;1-2-6(3-7,4-8)5-9/h2*2-5H,1H3,(H,8,9,10);7-9H,2-5H2,1H3. The molecule has 0 aliphatic heterocycles. The summed E-state index contributed by atoms with van der Waals surface area (Å²) in [5.41, 5.74) is 1.25. The van der Waals surface area contributed by atoms with Gasteiger partial charge in [-0.3, -0.25) is 9.11 Å². The van der Waals surface area contributed by atoms with Crippen LogP contribution in [0.3, 0.4) is 0 Å². The van der Waals surface area contributed by atoms with Crippen molar-refractivity contribution in [3.05, 3.63) is 59.7 Å². The van der Waals surface area contributed by atoms with E-state index in [1.165, 1.54) is 24.3 Å². The maximum absolute atomic E-state index is 10.5. The Morgan fingerprint density at radius 2 is 0.903 bits per heavy atom. The predicted octanol–water partition coefficient (Wildman–Crippen LogP) is 1.84. The van der Waals surface area contributed by atoms with Crippen LogP contribution in [-0.2, 0) is 20.2 Å². The van der Waals surface area contributed by atoms with Crippen LogP contribution in [0.15, 0.2) is 58.3 Å². The summed E-state index contributed by atoms with van der Waals surface area (Å²) in [7, 11) is -8.04. The van der Waals surface area contributed by atoms with Crippen LogP contribution >= 0.6 is 0 Å². The fourth-order valence-corrected chi connectivity index (χ4v) is 2.87. The van der Waals surface area contributed by atoms with E-state index in [1.54, 1.807) is 24.3 Å². The second-order valence-electron chi connectivity index (χ2n) is 6.90. The SMILES string of the molecule is CCC(CO)(CO)CO.Cc1ccc(S(=O)(=O)O)cc1.Cc1ccc(S(=O)(=O)O)cc1. The molecule has 0 atom stereocenters. The number of aliphatic hydroxyl groups excluding tert-OH is 3. The average Bonchev–Trinajstić information content (AvgIpc) is 2.70. The highest BCUT2D eigenvalue weighted by Crippen LogP contribution is 2.18. The van der Waals surface area contributed by atoms with Crippen molar-refractivity contribution in [2.45, 2.75) is 37.0 Å². The zero-order valence-electron chi connectivity index (χ0n) is 17.6. The van der Waals surface area contributed by atoms with Crippen LogP contribution in [0.4, 0.5) is 0 Å². The zero-order valence-corrected chi connectivity index (χ0v) is 19.3. The Balaban J connectivity index is 0.000000439. The van der Waals surface area contributed by atoms with Gasteiger partial charge in [-0.15, -0.1) is 0 Å². The lowest BCUT2D eigenvalue weighted by Gasteiger charge is -2.24. The summed E-state index contributed by atoms with van der Waals surface area (Å²) in [6.45, 7) is 5.04. The van der Waals surface area contributed by atoms with Crippen molar-refractivity contribution < 1.29 is 41.3 Å². The van der Waals surface area contributed by atoms with Crippen molar-refractivity contribution in [2.24, 2.45) is 5.41 Å². The van der Waals surface area contributed by atoms with Gasteiger partial charge in [-0.05, 0) is 44.5 Å². The number of hydrogen-bond donors (Lipinski definition) is 5. The van der Waals surface area contributed by atoms with Gasteiger partial charge in [0, 0.05) is 5.41 Å². The lowest BCUT2D eigenvalue weighted by atomic mass is 9.88. The van der Waals surface area contributed by atoms with E-state index in [0.29, 0.717) is 6.42 Å². The molecule has 176 valence electrons. The Labute approximate surface area is 183 Å². The number of aryl methyl sites for hydroxylation is 2. The summed E-state index contributed by atoms with van der Waals surface area (Å²) in [5.74, 6) is 0. The van der Waals surface area contributed by atoms with Crippen molar-refractivity contribution in [1.82, 2.24) is 0 Å². The zero-order chi connectivity index (χ0) is 24.3. The molecule has 0 aliphatic rings. The minimum atomic E-state index is -4.02. The van der Waals surface area contributed by atoms with Gasteiger partial charge in [0.25, 0.3) is 20.2 Å². The highest BCUT2D eigenvalue weighted by Gasteiger charge is 2.24. The molecule has 31 heavy (non-hydrogen) atoms. The first-order chi connectivity index (χ1) is 14.2. The molecular weight excluding hydrogens is 448 g/mol. The normalized spacial score (nSPS) is 11.6. The molecule has 11 heteroatoms. The Morgan fingerprint density at radius 1 is 0.645 bits per heavy atom. The Hall–Kier alpha value is -1.86. The molecule has 0 fully saturated rings. The van der Waals surface area contributed by atoms with Crippen molar-refractivity contribution in [1.29, 1.82) is 0 Å². The number of hydrogen-bond acceptors (Lipinski definition) is 7. The topological polar surface area (TPSA) is 169 Å². The molecule has 0 amide bonds. The summed E-state index contributed by atoms with van der Waals surface area (Å²) < 4.78 is 59.1. The molecule has 0 aromatic heterocycles. The van der Waals surface area contributed by atoms with E-state index in [2.05, 4.69) is 0 Å². The predicted molar refractivity (Wildman–Crippen MR) is 116 cm³/mol. The molecule has 2 aromatic carbocycles. The van der Waals surface area contributed by atoms with Crippen molar-refractivity contribution in [3.8, 4) is 0 Å². The fraction of sp³-hybridized carbons (Fsp3) is 0.400. The van der Waals surface area contributed by atoms with Crippen LogP contribution in [0.1, 0.15) is 24.5 Å². The fourth-order valence-electron chi connectivity index (χ4n) is 1.91. The third kappa shape index (κ3) is 10.8. The van der Waals surface area contributed by atoms with Crippen molar-refractivity contribution >= 4 is 20.2 Å². The number of rotatable bonds is 6. The van der Waals surface area contributed by atoms with Crippen molar-refractivity contribution in [2.75, 3.05) is 19.8 Å². The lowest BCUT2D eigenvalue weighted by Crippen LogP contribution is -2.32. The molecule has 0 heterocycles. The van der Waals surface area contributed by atoms with Gasteiger partial charge in [-0.1, -0.05) is 42.3 Å². The quantitative estimate of drug-likeness (QED) is 0.389. The van der Waals surface area contributed by atoms with E-state index >= 15 is 0 Å². The minimum Gasteiger partial charge on any atom is -0.396 e. The maximum Gasteiger partial charge on any atom is 0.294 e. The van der Waals surface area contributed by atoms with Gasteiger partial charge >= 0.3 is 0 Å². The van der Waals surface area contributed by atoms with Crippen LogP contribution in [0.2, 0.25) is 0 Å². The van der Waals surface area contributed by atoms with Crippen LogP contribution in [0.5, 0.6) is 0 Å². The first-order valence-corrected chi connectivity index (χ1v) is 12.0. The lowest BCUT2D eigenvalue weighted by molar-refractivity contribution is 0.00304. The summed E-state index contributed by atoms with van der Waals surface area (Å²) in [4.78, 5) is -0.133. The third-order valence-electron chi connectivity index (χ3n) is 4.39. The van der Waals surface area contributed by atoms with E-state index in [1.807, 2.05) is 20.8 Å². The molecule has 0 spiro atoms.